The largest absolute Gasteiger partial charge is 0.508 e. The lowest BCUT2D eigenvalue weighted by Gasteiger charge is -2.11. The maximum Gasteiger partial charge on any atom is 0.270 e. The molecule has 0 aliphatic carbocycles. The molecular weight excluding hydrogens is 280 g/mol. The molecule has 0 heterocycles. The summed E-state index contributed by atoms with van der Waals surface area (Å²) in [5, 5.41) is 26.1. The molecule has 0 saturated carbocycles. The zero-order valence-electron chi connectivity index (χ0n) is 11.7. The third-order valence-electron chi connectivity index (χ3n) is 3.53. The lowest BCUT2D eigenvalue weighted by Crippen LogP contribution is -2.01. The molecule has 3 aromatic rings. The van der Waals surface area contributed by atoms with Crippen molar-refractivity contribution < 1.29 is 10.0 Å². The molecule has 5 heteroatoms. The number of nitrogens with one attached hydrogen (secondary N) is 1. The van der Waals surface area contributed by atoms with Crippen LogP contribution < -0.4 is 5.32 Å². The molecule has 110 valence electrons. The van der Waals surface area contributed by atoms with E-state index in [1.54, 1.807) is 0 Å². The SMILES string of the molecule is O=[N+]([O-])c1ccc(O)c(CNc2cccc3ccccc23)c1. The van der Waals surface area contributed by atoms with E-state index in [1.807, 2.05) is 42.5 Å². The number of non-ortho nitro benzene ring substituents is 1. The topological polar surface area (TPSA) is 75.4 Å². The van der Waals surface area contributed by atoms with Crippen molar-refractivity contribution in [3.63, 3.8) is 0 Å². The van der Waals surface area contributed by atoms with E-state index in [4.69, 9.17) is 0 Å². The van der Waals surface area contributed by atoms with Gasteiger partial charge in [-0.25, -0.2) is 0 Å². The Bertz CT molecular complexity index is 841. The van der Waals surface area contributed by atoms with Gasteiger partial charge < -0.3 is 10.4 Å². The maximum atomic E-state index is 10.8. The Kier molecular flexibility index (Phi) is 3.62. The number of hydrogen-bond acceptors (Lipinski definition) is 4. The van der Waals surface area contributed by atoms with Crippen LogP contribution in [0.2, 0.25) is 0 Å². The van der Waals surface area contributed by atoms with Crippen LogP contribution in [0.1, 0.15) is 5.56 Å². The average Bonchev–Trinajstić information content (AvgIpc) is 2.54. The molecular formula is C17H14N2O3. The highest BCUT2D eigenvalue weighted by molar-refractivity contribution is 5.93. The van der Waals surface area contributed by atoms with Crippen molar-refractivity contribution in [1.29, 1.82) is 0 Å². The van der Waals surface area contributed by atoms with Crippen molar-refractivity contribution in [2.45, 2.75) is 6.54 Å². The number of fused-ring (bicyclic) bond motifs is 1. The number of nitro benzene ring substituents is 1. The third kappa shape index (κ3) is 2.69. The van der Waals surface area contributed by atoms with E-state index >= 15 is 0 Å². The molecule has 3 aromatic carbocycles. The second-order valence-electron chi connectivity index (χ2n) is 4.95. The second kappa shape index (κ2) is 5.73. The van der Waals surface area contributed by atoms with Gasteiger partial charge in [0.05, 0.1) is 4.92 Å². The van der Waals surface area contributed by atoms with Gasteiger partial charge >= 0.3 is 0 Å². The van der Waals surface area contributed by atoms with Crippen LogP contribution in [0.25, 0.3) is 10.8 Å². The first kappa shape index (κ1) is 13.9. The molecule has 0 atom stereocenters. The van der Waals surface area contributed by atoms with E-state index in [2.05, 4.69) is 5.32 Å². The molecule has 5 nitrogen and oxygen atoms in total. The van der Waals surface area contributed by atoms with Gasteiger partial charge in [-0.15, -0.1) is 0 Å². The zero-order valence-corrected chi connectivity index (χ0v) is 11.7. The van der Waals surface area contributed by atoms with Crippen LogP contribution in [0.3, 0.4) is 0 Å². The first-order valence-electron chi connectivity index (χ1n) is 6.83. The average molecular weight is 294 g/mol. The number of phenolic OH excluding ortho intramolecular Hbond substituents is 1. The molecule has 0 aromatic heterocycles. The minimum absolute atomic E-state index is 0.0347. The van der Waals surface area contributed by atoms with E-state index < -0.39 is 4.92 Å². The Morgan fingerprint density at radius 2 is 1.82 bits per heavy atom. The van der Waals surface area contributed by atoms with Crippen molar-refractivity contribution in [1.82, 2.24) is 0 Å². The number of anilines is 1. The van der Waals surface area contributed by atoms with Gasteiger partial charge in [-0.1, -0.05) is 36.4 Å². The molecule has 0 amide bonds. The predicted molar refractivity (Wildman–Crippen MR) is 86.0 cm³/mol. The van der Waals surface area contributed by atoms with Crippen LogP contribution in [0.15, 0.2) is 60.7 Å². The van der Waals surface area contributed by atoms with E-state index in [9.17, 15) is 15.2 Å². The standard InChI is InChI=1S/C17H14N2O3/c20-17-9-8-14(19(21)22)10-13(17)11-18-16-7-3-5-12-4-1-2-6-15(12)16/h1-10,18,20H,11H2. The lowest BCUT2D eigenvalue weighted by atomic mass is 10.1. The fourth-order valence-electron chi connectivity index (χ4n) is 2.40. The summed E-state index contributed by atoms with van der Waals surface area (Å²) in [5.41, 5.74) is 1.37. The summed E-state index contributed by atoms with van der Waals surface area (Å²) >= 11 is 0. The normalized spacial score (nSPS) is 10.5. The first-order valence-corrected chi connectivity index (χ1v) is 6.83. The van der Waals surface area contributed by atoms with Crippen LogP contribution in [0.4, 0.5) is 11.4 Å². The van der Waals surface area contributed by atoms with Crippen molar-refractivity contribution in [2.75, 3.05) is 5.32 Å². The van der Waals surface area contributed by atoms with Crippen LogP contribution in [-0.4, -0.2) is 10.0 Å². The fraction of sp³-hybridized carbons (Fsp3) is 0.0588. The number of rotatable bonds is 4. The highest BCUT2D eigenvalue weighted by atomic mass is 16.6. The van der Waals surface area contributed by atoms with Crippen molar-refractivity contribution in [3.05, 3.63) is 76.3 Å². The Balaban J connectivity index is 1.88. The van der Waals surface area contributed by atoms with E-state index in [1.165, 1.54) is 18.2 Å². The van der Waals surface area contributed by atoms with Gasteiger partial charge in [-0.3, -0.25) is 10.1 Å². The van der Waals surface area contributed by atoms with Gasteiger partial charge in [-0.2, -0.15) is 0 Å². The molecule has 0 spiro atoms. The summed E-state index contributed by atoms with van der Waals surface area (Å²) < 4.78 is 0. The van der Waals surface area contributed by atoms with E-state index in [-0.39, 0.29) is 11.4 Å². The predicted octanol–water partition coefficient (Wildman–Crippen LogP) is 4.07. The van der Waals surface area contributed by atoms with Gasteiger partial charge in [0.25, 0.3) is 5.69 Å². The Labute approximate surface area is 127 Å². The van der Waals surface area contributed by atoms with Crippen molar-refractivity contribution in [3.8, 4) is 5.75 Å². The highest BCUT2D eigenvalue weighted by Crippen LogP contribution is 2.26. The van der Waals surface area contributed by atoms with Gasteiger partial charge in [0.2, 0.25) is 0 Å². The molecule has 0 fully saturated rings. The van der Waals surface area contributed by atoms with Gasteiger partial charge in [-0.05, 0) is 17.5 Å². The molecule has 0 aliphatic rings. The molecule has 2 N–H and O–H groups in total. The molecule has 0 saturated heterocycles. The van der Waals surface area contributed by atoms with Crippen LogP contribution in [-0.2, 0) is 6.54 Å². The van der Waals surface area contributed by atoms with Crippen LogP contribution >= 0.6 is 0 Å². The van der Waals surface area contributed by atoms with Crippen LogP contribution in [0, 0.1) is 10.1 Å². The number of nitrogens with zero attached hydrogens (tertiary/aromatic N) is 1. The number of nitro groups is 1. The van der Waals surface area contributed by atoms with Crippen LogP contribution in [0.5, 0.6) is 5.75 Å². The Hall–Kier alpha value is -3.08. The molecule has 0 unspecified atom stereocenters. The van der Waals surface area contributed by atoms with Gasteiger partial charge in [0.15, 0.2) is 0 Å². The molecule has 0 bridgehead atoms. The van der Waals surface area contributed by atoms with Crippen molar-refractivity contribution >= 4 is 22.1 Å². The minimum atomic E-state index is -0.471. The first-order chi connectivity index (χ1) is 10.6. The Morgan fingerprint density at radius 1 is 1.05 bits per heavy atom. The summed E-state index contributed by atoms with van der Waals surface area (Å²) in [6, 6.07) is 17.9. The van der Waals surface area contributed by atoms with E-state index in [0.29, 0.717) is 12.1 Å². The number of benzene rings is 3. The molecule has 0 aliphatic heterocycles. The summed E-state index contributed by atoms with van der Waals surface area (Å²) in [6.45, 7) is 0.307. The number of hydrogen-bond donors (Lipinski definition) is 2. The fourth-order valence-corrected chi connectivity index (χ4v) is 2.40. The monoisotopic (exact) mass is 294 g/mol. The number of aromatic hydroxyl groups is 1. The molecule has 0 radical (unpaired) electrons. The Morgan fingerprint density at radius 3 is 2.64 bits per heavy atom. The third-order valence-corrected chi connectivity index (χ3v) is 3.53. The summed E-state index contributed by atoms with van der Waals surface area (Å²) in [6.07, 6.45) is 0. The smallest absolute Gasteiger partial charge is 0.270 e. The zero-order chi connectivity index (χ0) is 15.5. The summed E-state index contributed by atoms with van der Waals surface area (Å²) in [7, 11) is 0. The van der Waals surface area contributed by atoms with Crippen molar-refractivity contribution in [2.24, 2.45) is 0 Å². The van der Waals surface area contributed by atoms with Gasteiger partial charge in [0, 0.05) is 35.3 Å². The second-order valence-corrected chi connectivity index (χ2v) is 4.95. The minimum Gasteiger partial charge on any atom is -0.508 e. The summed E-state index contributed by atoms with van der Waals surface area (Å²) in [4.78, 5) is 10.3. The molecule has 22 heavy (non-hydrogen) atoms. The molecule has 3 rings (SSSR count). The number of phenols is 1. The highest BCUT2D eigenvalue weighted by Gasteiger charge is 2.10. The van der Waals surface area contributed by atoms with Gasteiger partial charge in [0.1, 0.15) is 5.75 Å². The lowest BCUT2D eigenvalue weighted by molar-refractivity contribution is -0.384. The maximum absolute atomic E-state index is 10.8. The quantitative estimate of drug-likeness (QED) is 0.562. The summed E-state index contributed by atoms with van der Waals surface area (Å²) in [5.74, 6) is 0.0401. The van der Waals surface area contributed by atoms with E-state index in [0.717, 1.165) is 16.5 Å².